The summed E-state index contributed by atoms with van der Waals surface area (Å²) < 4.78 is 6.51. The third-order valence-electron chi connectivity index (χ3n) is 7.02. The molecule has 0 atom stereocenters. The summed E-state index contributed by atoms with van der Waals surface area (Å²) in [5, 5.41) is 4.51. The van der Waals surface area contributed by atoms with Crippen LogP contribution in [0.1, 0.15) is 11.4 Å². The Labute approximate surface area is 215 Å². The first-order valence-electron chi connectivity index (χ1n) is 12.5. The molecule has 3 heterocycles. The van der Waals surface area contributed by atoms with Gasteiger partial charge in [-0.2, -0.15) is 0 Å². The van der Waals surface area contributed by atoms with Gasteiger partial charge in [0.1, 0.15) is 11.2 Å². The van der Waals surface area contributed by atoms with Crippen molar-refractivity contribution in [2.75, 3.05) is 0 Å². The maximum absolute atomic E-state index is 6.51. The summed E-state index contributed by atoms with van der Waals surface area (Å²) in [5.41, 5.74) is 10.3. The lowest BCUT2D eigenvalue weighted by molar-refractivity contribution is 0.670. The Morgan fingerprint density at radius 2 is 1.32 bits per heavy atom. The minimum atomic E-state index is 0.863. The maximum Gasteiger partial charge on any atom is 0.145 e. The number of aromatic nitrogens is 2. The standard InChI is InChI=1S/C34H24N2O/c1-21-16-27(17-22(2)36-21)23-10-7-11-25(18-23)28-14-15-29(31-19-24-8-3-4-9-26(24)20-35-31)34-33(28)30-12-5-6-13-32(30)37-34/h3-20H,1-2H3. The van der Waals surface area contributed by atoms with Crippen LogP contribution >= 0.6 is 0 Å². The van der Waals surface area contributed by atoms with E-state index < -0.39 is 0 Å². The normalized spacial score (nSPS) is 11.5. The fraction of sp³-hybridized carbons (Fsp3) is 0.0588. The third kappa shape index (κ3) is 3.68. The van der Waals surface area contributed by atoms with Crippen LogP contribution in [0, 0.1) is 13.8 Å². The zero-order valence-corrected chi connectivity index (χ0v) is 20.7. The molecular weight excluding hydrogens is 452 g/mol. The molecule has 0 bridgehead atoms. The van der Waals surface area contributed by atoms with Crippen molar-refractivity contribution >= 4 is 32.7 Å². The Morgan fingerprint density at radius 3 is 2.19 bits per heavy atom. The molecule has 4 aromatic carbocycles. The van der Waals surface area contributed by atoms with Crippen LogP contribution in [0.2, 0.25) is 0 Å². The van der Waals surface area contributed by atoms with E-state index in [1.165, 1.54) is 11.1 Å². The number of aryl methyl sites for hydroxylation is 2. The predicted octanol–water partition coefficient (Wildman–Crippen LogP) is 9.15. The van der Waals surface area contributed by atoms with E-state index in [4.69, 9.17) is 9.40 Å². The highest BCUT2D eigenvalue weighted by atomic mass is 16.3. The van der Waals surface area contributed by atoms with Gasteiger partial charge in [0.25, 0.3) is 0 Å². The molecule has 0 fully saturated rings. The van der Waals surface area contributed by atoms with E-state index in [2.05, 4.69) is 89.9 Å². The fourth-order valence-electron chi connectivity index (χ4n) is 5.37. The molecule has 7 aromatic rings. The number of para-hydroxylation sites is 1. The SMILES string of the molecule is Cc1cc(-c2cccc(-c3ccc(-c4cc5ccccc5cn4)c4oc5ccccc5c34)c2)cc(C)n1. The quantitative estimate of drug-likeness (QED) is 0.255. The number of hydrogen-bond donors (Lipinski definition) is 0. The van der Waals surface area contributed by atoms with Crippen LogP contribution in [0.25, 0.3) is 66.2 Å². The van der Waals surface area contributed by atoms with Crippen LogP contribution in [0.5, 0.6) is 0 Å². The highest BCUT2D eigenvalue weighted by molar-refractivity contribution is 6.16. The van der Waals surface area contributed by atoms with Gasteiger partial charge in [-0.15, -0.1) is 0 Å². The molecule has 37 heavy (non-hydrogen) atoms. The molecule has 3 heteroatoms. The zero-order valence-electron chi connectivity index (χ0n) is 20.7. The minimum absolute atomic E-state index is 0.863. The number of hydrogen-bond acceptors (Lipinski definition) is 3. The molecule has 0 aliphatic rings. The van der Waals surface area contributed by atoms with Gasteiger partial charge in [0, 0.05) is 39.3 Å². The molecule has 3 nitrogen and oxygen atoms in total. The van der Waals surface area contributed by atoms with Gasteiger partial charge in [0.15, 0.2) is 0 Å². The molecule has 176 valence electrons. The Balaban J connectivity index is 1.47. The molecule has 0 amide bonds. The second-order valence-electron chi connectivity index (χ2n) is 9.60. The Morgan fingerprint density at radius 1 is 0.595 bits per heavy atom. The van der Waals surface area contributed by atoms with Crippen LogP contribution in [-0.2, 0) is 0 Å². The number of fused-ring (bicyclic) bond motifs is 4. The first-order valence-corrected chi connectivity index (χ1v) is 12.5. The van der Waals surface area contributed by atoms with Crippen LogP contribution in [0.15, 0.2) is 114 Å². The summed E-state index contributed by atoms with van der Waals surface area (Å²) in [6.07, 6.45) is 1.94. The summed E-state index contributed by atoms with van der Waals surface area (Å²) in [4.78, 5) is 9.35. The van der Waals surface area contributed by atoms with Crippen LogP contribution < -0.4 is 0 Å². The summed E-state index contributed by atoms with van der Waals surface area (Å²) in [6, 6.07) is 36.1. The van der Waals surface area contributed by atoms with Crippen LogP contribution in [0.3, 0.4) is 0 Å². The molecule has 0 spiro atoms. The minimum Gasteiger partial charge on any atom is -0.455 e. The van der Waals surface area contributed by atoms with E-state index >= 15 is 0 Å². The van der Waals surface area contributed by atoms with Crippen LogP contribution in [-0.4, -0.2) is 9.97 Å². The van der Waals surface area contributed by atoms with Gasteiger partial charge in [-0.25, -0.2) is 0 Å². The topological polar surface area (TPSA) is 38.9 Å². The molecule has 3 aromatic heterocycles. The van der Waals surface area contributed by atoms with Crippen molar-refractivity contribution in [1.82, 2.24) is 9.97 Å². The average molecular weight is 477 g/mol. The third-order valence-corrected chi connectivity index (χ3v) is 7.02. The van der Waals surface area contributed by atoms with Crippen molar-refractivity contribution in [3.8, 4) is 33.5 Å². The summed E-state index contributed by atoms with van der Waals surface area (Å²) in [6.45, 7) is 4.09. The highest BCUT2D eigenvalue weighted by Crippen LogP contribution is 2.42. The lowest BCUT2D eigenvalue weighted by Gasteiger charge is -2.11. The molecule has 0 aliphatic heterocycles. The Bertz CT molecular complexity index is 1940. The van der Waals surface area contributed by atoms with Crippen molar-refractivity contribution in [2.24, 2.45) is 0 Å². The first kappa shape index (κ1) is 21.5. The molecule has 0 aliphatic carbocycles. The molecular formula is C34H24N2O. The van der Waals surface area contributed by atoms with Gasteiger partial charge >= 0.3 is 0 Å². The molecule has 0 saturated carbocycles. The zero-order chi connectivity index (χ0) is 24.9. The maximum atomic E-state index is 6.51. The summed E-state index contributed by atoms with van der Waals surface area (Å²) in [7, 11) is 0. The second-order valence-corrected chi connectivity index (χ2v) is 9.60. The number of nitrogens with zero attached hydrogens (tertiary/aromatic N) is 2. The largest absolute Gasteiger partial charge is 0.455 e. The molecule has 0 unspecified atom stereocenters. The van der Waals surface area contributed by atoms with E-state index in [1.807, 2.05) is 38.2 Å². The van der Waals surface area contributed by atoms with E-state index in [1.54, 1.807) is 0 Å². The molecule has 0 radical (unpaired) electrons. The number of benzene rings is 4. The van der Waals surface area contributed by atoms with Crippen molar-refractivity contribution in [2.45, 2.75) is 13.8 Å². The average Bonchev–Trinajstić information content (AvgIpc) is 3.32. The summed E-state index contributed by atoms with van der Waals surface area (Å²) in [5.74, 6) is 0. The van der Waals surface area contributed by atoms with Crippen LogP contribution in [0.4, 0.5) is 0 Å². The Hall–Kier alpha value is -4.76. The van der Waals surface area contributed by atoms with Gasteiger partial charge in [0.05, 0.1) is 5.69 Å². The monoisotopic (exact) mass is 476 g/mol. The van der Waals surface area contributed by atoms with Crippen molar-refractivity contribution in [3.05, 3.63) is 121 Å². The summed E-state index contributed by atoms with van der Waals surface area (Å²) >= 11 is 0. The lowest BCUT2D eigenvalue weighted by Crippen LogP contribution is -1.89. The molecule has 0 N–H and O–H groups in total. The molecule has 7 rings (SSSR count). The molecule has 0 saturated heterocycles. The van der Waals surface area contributed by atoms with Gasteiger partial charge in [-0.3, -0.25) is 9.97 Å². The number of rotatable bonds is 3. The van der Waals surface area contributed by atoms with E-state index in [9.17, 15) is 0 Å². The second kappa shape index (κ2) is 8.42. The first-order chi connectivity index (χ1) is 18.1. The predicted molar refractivity (Wildman–Crippen MR) is 153 cm³/mol. The Kier molecular flexibility index (Phi) is 4.90. The van der Waals surface area contributed by atoms with Gasteiger partial charge in [-0.05, 0) is 77.9 Å². The van der Waals surface area contributed by atoms with Gasteiger partial charge in [-0.1, -0.05) is 66.7 Å². The van der Waals surface area contributed by atoms with Crippen molar-refractivity contribution in [1.29, 1.82) is 0 Å². The fourth-order valence-corrected chi connectivity index (χ4v) is 5.37. The smallest absolute Gasteiger partial charge is 0.145 e. The lowest BCUT2D eigenvalue weighted by atomic mass is 9.93. The van der Waals surface area contributed by atoms with Crippen molar-refractivity contribution in [3.63, 3.8) is 0 Å². The van der Waals surface area contributed by atoms with E-state index in [0.717, 1.165) is 66.5 Å². The van der Waals surface area contributed by atoms with E-state index in [-0.39, 0.29) is 0 Å². The van der Waals surface area contributed by atoms with Gasteiger partial charge < -0.3 is 4.42 Å². The van der Waals surface area contributed by atoms with E-state index in [0.29, 0.717) is 0 Å². The number of furan rings is 1. The number of pyridine rings is 2. The van der Waals surface area contributed by atoms with Crippen molar-refractivity contribution < 1.29 is 4.42 Å². The van der Waals surface area contributed by atoms with Gasteiger partial charge in [0.2, 0.25) is 0 Å². The highest BCUT2D eigenvalue weighted by Gasteiger charge is 2.18.